The molecule has 3 aromatic rings. The van der Waals surface area contributed by atoms with Gasteiger partial charge in [-0.1, -0.05) is 0 Å². The summed E-state index contributed by atoms with van der Waals surface area (Å²) in [7, 11) is 0. The van der Waals surface area contributed by atoms with E-state index in [9.17, 15) is 19.0 Å². The van der Waals surface area contributed by atoms with Crippen LogP contribution in [0.2, 0.25) is 0 Å². The molecule has 0 aliphatic heterocycles. The maximum Gasteiger partial charge on any atom is 0.158 e. The normalized spacial score (nSPS) is 10.8. The lowest BCUT2D eigenvalue weighted by molar-refractivity contribution is 0.404. The number of hydrogen-bond acceptors (Lipinski definition) is 4. The molecule has 0 saturated carbocycles. The first-order valence-corrected chi connectivity index (χ1v) is 6.86. The van der Waals surface area contributed by atoms with Crippen LogP contribution in [0.25, 0.3) is 21.8 Å². The number of phenols is 2. The van der Waals surface area contributed by atoms with Crippen molar-refractivity contribution in [1.82, 2.24) is 4.98 Å². The van der Waals surface area contributed by atoms with Crippen molar-refractivity contribution < 1.29 is 19.0 Å². The van der Waals surface area contributed by atoms with E-state index in [2.05, 4.69) is 4.98 Å². The molecule has 106 valence electrons. The molecule has 1 heterocycles. The van der Waals surface area contributed by atoms with E-state index in [4.69, 9.17) is 0 Å². The van der Waals surface area contributed by atoms with Crippen molar-refractivity contribution in [2.45, 2.75) is 0 Å². The van der Waals surface area contributed by atoms with Gasteiger partial charge in [0.15, 0.2) is 11.5 Å². The second kappa shape index (κ2) is 5.14. The van der Waals surface area contributed by atoms with Crippen LogP contribution in [0, 0.1) is 11.6 Å². The lowest BCUT2D eigenvalue weighted by Crippen LogP contribution is -1.86. The van der Waals surface area contributed by atoms with Gasteiger partial charge in [0, 0.05) is 22.6 Å². The zero-order valence-electron chi connectivity index (χ0n) is 10.5. The quantitative estimate of drug-likeness (QED) is 0.699. The highest BCUT2D eigenvalue weighted by atomic mass is 32.1. The average molecular weight is 305 g/mol. The Hall–Kier alpha value is -2.47. The fourth-order valence-corrected chi connectivity index (χ4v) is 2.70. The largest absolute Gasteiger partial charge is 0.504 e. The van der Waals surface area contributed by atoms with Crippen molar-refractivity contribution in [1.29, 1.82) is 0 Å². The molecule has 2 N–H and O–H groups in total. The van der Waals surface area contributed by atoms with Crippen molar-refractivity contribution in [2.24, 2.45) is 0 Å². The van der Waals surface area contributed by atoms with Crippen LogP contribution in [0.5, 0.6) is 11.5 Å². The summed E-state index contributed by atoms with van der Waals surface area (Å²) in [6.45, 7) is 0. The summed E-state index contributed by atoms with van der Waals surface area (Å²) in [5.41, 5.74) is 1.20. The number of nitrogens with zero attached hydrogens (tertiary/aromatic N) is 1. The van der Waals surface area contributed by atoms with Crippen molar-refractivity contribution in [3.63, 3.8) is 0 Å². The molecule has 0 bridgehead atoms. The number of halogens is 2. The van der Waals surface area contributed by atoms with Crippen LogP contribution >= 0.6 is 11.3 Å². The average Bonchev–Trinajstić information content (AvgIpc) is 2.91. The molecular weight excluding hydrogens is 296 g/mol. The Morgan fingerprint density at radius 3 is 2.48 bits per heavy atom. The minimum atomic E-state index is -0.680. The van der Waals surface area contributed by atoms with Gasteiger partial charge in [-0.25, -0.2) is 13.8 Å². The Morgan fingerprint density at radius 2 is 1.76 bits per heavy atom. The number of aromatic hydroxyl groups is 2. The van der Waals surface area contributed by atoms with Crippen LogP contribution < -0.4 is 0 Å². The van der Waals surface area contributed by atoms with Gasteiger partial charge in [0.05, 0.1) is 5.69 Å². The predicted octanol–water partition coefficient (Wildman–Crippen LogP) is 4.17. The fourth-order valence-electron chi connectivity index (χ4n) is 1.88. The first kappa shape index (κ1) is 13.5. The molecule has 0 amide bonds. The molecular formula is C15H9F2NO2S. The fraction of sp³-hybridized carbons (Fsp3) is 0. The Labute approximate surface area is 122 Å². The topological polar surface area (TPSA) is 53.4 Å². The van der Waals surface area contributed by atoms with Crippen LogP contribution in [0.15, 0.2) is 41.8 Å². The molecule has 2 aromatic carbocycles. The molecule has 0 saturated heterocycles. The highest BCUT2D eigenvalue weighted by molar-refractivity contribution is 7.13. The van der Waals surface area contributed by atoms with E-state index in [-0.39, 0.29) is 17.1 Å². The monoisotopic (exact) mass is 305 g/mol. The van der Waals surface area contributed by atoms with Gasteiger partial charge < -0.3 is 10.2 Å². The van der Waals surface area contributed by atoms with Crippen LogP contribution in [0.3, 0.4) is 0 Å². The number of thiazole rings is 1. The second-order valence-corrected chi connectivity index (χ2v) is 5.22. The smallest absolute Gasteiger partial charge is 0.158 e. The number of rotatable bonds is 2. The first-order chi connectivity index (χ1) is 10.0. The first-order valence-electron chi connectivity index (χ1n) is 5.98. The summed E-state index contributed by atoms with van der Waals surface area (Å²) in [5.74, 6) is -1.80. The Balaban J connectivity index is 2.01. The Morgan fingerprint density at radius 1 is 0.952 bits per heavy atom. The summed E-state index contributed by atoms with van der Waals surface area (Å²) in [5, 5.41) is 21.0. The highest BCUT2D eigenvalue weighted by Crippen LogP contribution is 2.34. The summed E-state index contributed by atoms with van der Waals surface area (Å²) in [6.07, 6.45) is 0. The van der Waals surface area contributed by atoms with Crippen LogP contribution in [0.4, 0.5) is 8.78 Å². The third-order valence-corrected chi connectivity index (χ3v) is 3.82. The van der Waals surface area contributed by atoms with Crippen LogP contribution in [-0.2, 0) is 0 Å². The Kier molecular flexibility index (Phi) is 3.31. The van der Waals surface area contributed by atoms with Gasteiger partial charge in [-0.15, -0.1) is 11.3 Å². The van der Waals surface area contributed by atoms with E-state index in [1.54, 1.807) is 11.4 Å². The van der Waals surface area contributed by atoms with E-state index < -0.39 is 11.6 Å². The van der Waals surface area contributed by atoms with Crippen LogP contribution in [0.1, 0.15) is 0 Å². The van der Waals surface area contributed by atoms with Crippen molar-refractivity contribution in [3.8, 4) is 33.3 Å². The van der Waals surface area contributed by atoms with Crippen LogP contribution in [-0.4, -0.2) is 15.2 Å². The van der Waals surface area contributed by atoms with E-state index >= 15 is 0 Å². The molecule has 6 heteroatoms. The van der Waals surface area contributed by atoms with Crippen molar-refractivity contribution in [3.05, 3.63) is 53.4 Å². The molecule has 0 unspecified atom stereocenters. The van der Waals surface area contributed by atoms with Gasteiger partial charge in [0.25, 0.3) is 0 Å². The lowest BCUT2D eigenvalue weighted by Gasteiger charge is -2.01. The molecule has 0 aliphatic rings. The maximum absolute atomic E-state index is 13.7. The molecule has 0 atom stereocenters. The third-order valence-electron chi connectivity index (χ3n) is 2.93. The highest BCUT2D eigenvalue weighted by Gasteiger charge is 2.12. The molecule has 0 radical (unpaired) electrons. The third kappa shape index (κ3) is 2.57. The van der Waals surface area contributed by atoms with E-state index in [1.807, 2.05) is 0 Å². The zero-order chi connectivity index (χ0) is 15.0. The zero-order valence-corrected chi connectivity index (χ0v) is 11.4. The molecule has 0 aliphatic carbocycles. The summed E-state index contributed by atoms with van der Waals surface area (Å²) in [6, 6.07) is 7.63. The van der Waals surface area contributed by atoms with Gasteiger partial charge in [-0.3, -0.25) is 0 Å². The van der Waals surface area contributed by atoms with Gasteiger partial charge >= 0.3 is 0 Å². The van der Waals surface area contributed by atoms with Crippen molar-refractivity contribution >= 4 is 11.3 Å². The lowest BCUT2D eigenvalue weighted by atomic mass is 10.1. The molecule has 3 rings (SSSR count). The Bertz CT molecular complexity index is 817. The summed E-state index contributed by atoms with van der Waals surface area (Å²) < 4.78 is 26.6. The SMILES string of the molecule is Oc1ccc(-c2nc(-c3ccc(F)cc3F)cs2)cc1O. The molecule has 1 aromatic heterocycles. The van der Waals surface area contributed by atoms with Gasteiger partial charge in [0.2, 0.25) is 0 Å². The molecule has 0 spiro atoms. The number of benzene rings is 2. The van der Waals surface area contributed by atoms with Crippen molar-refractivity contribution in [2.75, 3.05) is 0 Å². The minimum Gasteiger partial charge on any atom is -0.504 e. The van der Waals surface area contributed by atoms with E-state index in [1.165, 1.54) is 35.6 Å². The predicted molar refractivity (Wildman–Crippen MR) is 76.2 cm³/mol. The van der Waals surface area contributed by atoms with Gasteiger partial charge in [-0.2, -0.15) is 0 Å². The molecule has 3 nitrogen and oxygen atoms in total. The standard InChI is InChI=1S/C15H9F2NO2S/c16-9-2-3-10(11(17)6-9)12-7-21-15(18-12)8-1-4-13(19)14(20)5-8/h1-7,19-20H. The molecule has 0 fully saturated rings. The number of phenolic OH excluding ortho intramolecular Hbond substituents is 2. The summed E-state index contributed by atoms with van der Waals surface area (Å²) >= 11 is 1.26. The minimum absolute atomic E-state index is 0.210. The summed E-state index contributed by atoms with van der Waals surface area (Å²) in [4.78, 5) is 4.28. The van der Waals surface area contributed by atoms with Gasteiger partial charge in [-0.05, 0) is 30.3 Å². The van der Waals surface area contributed by atoms with E-state index in [0.29, 0.717) is 16.3 Å². The maximum atomic E-state index is 13.7. The second-order valence-electron chi connectivity index (χ2n) is 4.37. The van der Waals surface area contributed by atoms with E-state index in [0.717, 1.165) is 6.07 Å². The number of aromatic nitrogens is 1. The van der Waals surface area contributed by atoms with Gasteiger partial charge in [0.1, 0.15) is 16.6 Å². The number of hydrogen-bond donors (Lipinski definition) is 2. The molecule has 21 heavy (non-hydrogen) atoms.